The van der Waals surface area contributed by atoms with E-state index in [4.69, 9.17) is 15.2 Å². The highest BCUT2D eigenvalue weighted by Gasteiger charge is 2.39. The first-order valence-electron chi connectivity index (χ1n) is 6.95. The van der Waals surface area contributed by atoms with Crippen LogP contribution in [0.2, 0.25) is 0 Å². The van der Waals surface area contributed by atoms with E-state index in [1.165, 1.54) is 17.7 Å². The summed E-state index contributed by atoms with van der Waals surface area (Å²) in [6, 6.07) is 0. The van der Waals surface area contributed by atoms with Crippen molar-refractivity contribution in [2.24, 2.45) is 0 Å². The lowest BCUT2D eigenvalue weighted by Crippen LogP contribution is -2.30. The third-order valence-electron chi connectivity index (χ3n) is 3.55. The van der Waals surface area contributed by atoms with Crippen LogP contribution in [-0.4, -0.2) is 32.7 Å². The van der Waals surface area contributed by atoms with Gasteiger partial charge in [0.25, 0.3) is 0 Å². The van der Waals surface area contributed by atoms with Gasteiger partial charge in [-0.05, 0) is 6.42 Å². The molecule has 1 aliphatic heterocycles. The molecule has 2 aromatic rings. The molecular weight excluding hydrogens is 308 g/mol. The van der Waals surface area contributed by atoms with Crippen molar-refractivity contribution in [1.29, 1.82) is 0 Å². The predicted molar refractivity (Wildman–Crippen MR) is 80.5 cm³/mol. The van der Waals surface area contributed by atoms with E-state index >= 15 is 0 Å². The molecule has 8 nitrogen and oxygen atoms in total. The smallest absolute Gasteiger partial charge is 0.311 e. The molecule has 1 aliphatic rings. The Labute approximate surface area is 129 Å². The fraction of sp³-hybridized carbons (Fsp3) is 0.538. The first kappa shape index (κ1) is 14.9. The van der Waals surface area contributed by atoms with Crippen molar-refractivity contribution >= 4 is 33.6 Å². The number of fused-ring (bicyclic) bond motifs is 1. The molecular formula is C13H16N4O4S. The molecule has 0 spiro atoms. The minimum Gasteiger partial charge on any atom is -0.458 e. The van der Waals surface area contributed by atoms with E-state index in [2.05, 4.69) is 9.97 Å². The molecule has 0 aromatic carbocycles. The van der Waals surface area contributed by atoms with Crippen LogP contribution in [0.5, 0.6) is 0 Å². The zero-order chi connectivity index (χ0) is 15.9. The minimum atomic E-state index is -0.690. The van der Waals surface area contributed by atoms with Crippen molar-refractivity contribution in [1.82, 2.24) is 14.5 Å². The van der Waals surface area contributed by atoms with Crippen LogP contribution >= 0.6 is 11.3 Å². The number of hydrogen-bond acceptors (Lipinski definition) is 8. The molecule has 0 radical (unpaired) electrons. The van der Waals surface area contributed by atoms with E-state index in [0.717, 1.165) is 17.8 Å². The highest BCUT2D eigenvalue weighted by molar-refractivity contribution is 7.16. The molecule has 2 N–H and O–H groups in total. The number of rotatable bonds is 3. The number of nitrogens with two attached hydrogens (primary N) is 1. The average Bonchev–Trinajstić information content (AvgIpc) is 2.98. The fourth-order valence-corrected chi connectivity index (χ4v) is 3.42. The van der Waals surface area contributed by atoms with Crippen LogP contribution in [0.1, 0.15) is 32.9 Å². The van der Waals surface area contributed by atoms with Crippen LogP contribution in [0.3, 0.4) is 0 Å². The van der Waals surface area contributed by atoms with Crippen molar-refractivity contribution in [3.05, 3.63) is 15.9 Å². The molecule has 3 heterocycles. The van der Waals surface area contributed by atoms with Gasteiger partial charge in [-0.25, -0.2) is 4.98 Å². The van der Waals surface area contributed by atoms with E-state index in [0.29, 0.717) is 16.8 Å². The number of nitrogens with zero attached hydrogens (tertiary/aromatic N) is 3. The Morgan fingerprint density at radius 3 is 3.09 bits per heavy atom. The minimum absolute atomic E-state index is 0.0737. The van der Waals surface area contributed by atoms with Gasteiger partial charge in [-0.2, -0.15) is 4.98 Å². The number of aromatic nitrogens is 3. The number of nitrogen functional groups attached to an aromatic ring is 1. The van der Waals surface area contributed by atoms with Gasteiger partial charge in [-0.3, -0.25) is 14.2 Å². The maximum absolute atomic E-state index is 12.3. The summed E-state index contributed by atoms with van der Waals surface area (Å²) in [6.07, 6.45) is 1.54. The van der Waals surface area contributed by atoms with E-state index in [1.54, 1.807) is 0 Å². The predicted octanol–water partition coefficient (Wildman–Crippen LogP) is 1.06. The summed E-state index contributed by atoms with van der Waals surface area (Å²) in [7, 11) is 0. The number of thiazole rings is 1. The second-order valence-corrected chi connectivity index (χ2v) is 6.09. The highest BCUT2D eigenvalue weighted by Crippen LogP contribution is 2.34. The zero-order valence-corrected chi connectivity index (χ0v) is 13.0. The Kier molecular flexibility index (Phi) is 3.83. The third-order valence-corrected chi connectivity index (χ3v) is 4.43. The Bertz CT molecular complexity index is 771. The molecule has 118 valence electrons. The van der Waals surface area contributed by atoms with Gasteiger partial charge in [0.1, 0.15) is 6.10 Å². The first-order valence-corrected chi connectivity index (χ1v) is 7.77. The summed E-state index contributed by atoms with van der Waals surface area (Å²) in [4.78, 5) is 31.4. The van der Waals surface area contributed by atoms with Crippen LogP contribution in [-0.2, 0) is 14.3 Å². The quantitative estimate of drug-likeness (QED) is 0.841. The monoisotopic (exact) mass is 324 g/mol. The number of carbonyl (C=O) groups is 1. The number of ether oxygens (including phenoxy) is 2. The molecule has 1 fully saturated rings. The number of carbonyl (C=O) groups excluding carboxylic acids is 1. The van der Waals surface area contributed by atoms with Gasteiger partial charge in [-0.15, -0.1) is 0 Å². The number of anilines is 1. The van der Waals surface area contributed by atoms with E-state index in [9.17, 15) is 9.59 Å². The molecule has 0 aliphatic carbocycles. The molecule has 0 bridgehead atoms. The molecule has 2 aromatic heterocycles. The standard InChI is InChI=1S/C13H16N4O4S/c1-3-7-4-8(20-6(2)18)11(21-7)17-10-9(22-13(17)19)5-15-12(14)16-10/h5,7-8,11H,3-4H2,1-2H3,(H2,14,15,16). The molecule has 3 rings (SSSR count). The SMILES string of the molecule is CCC1CC(OC(C)=O)C(n2c(=O)sc3cnc(N)nc32)O1. The Morgan fingerprint density at radius 1 is 1.64 bits per heavy atom. The van der Waals surface area contributed by atoms with Crippen molar-refractivity contribution in [2.45, 2.75) is 45.1 Å². The second kappa shape index (κ2) is 5.65. The normalized spacial score (nSPS) is 24.7. The lowest BCUT2D eigenvalue weighted by molar-refractivity contribution is -0.152. The van der Waals surface area contributed by atoms with Gasteiger partial charge in [0, 0.05) is 13.3 Å². The Morgan fingerprint density at radius 2 is 2.41 bits per heavy atom. The van der Waals surface area contributed by atoms with Crippen molar-refractivity contribution in [2.75, 3.05) is 5.73 Å². The van der Waals surface area contributed by atoms with E-state index in [1.807, 2.05) is 6.92 Å². The largest absolute Gasteiger partial charge is 0.458 e. The number of esters is 1. The summed E-state index contributed by atoms with van der Waals surface area (Å²) in [5, 5.41) is 0. The topological polar surface area (TPSA) is 109 Å². The fourth-order valence-electron chi connectivity index (χ4n) is 2.60. The summed E-state index contributed by atoms with van der Waals surface area (Å²) in [5.74, 6) is -0.329. The summed E-state index contributed by atoms with van der Waals surface area (Å²) in [6.45, 7) is 3.32. The molecule has 9 heteroatoms. The van der Waals surface area contributed by atoms with E-state index in [-0.39, 0.29) is 16.9 Å². The first-order chi connectivity index (χ1) is 10.5. The maximum atomic E-state index is 12.3. The van der Waals surface area contributed by atoms with Crippen LogP contribution in [0, 0.1) is 0 Å². The molecule has 0 amide bonds. The van der Waals surface area contributed by atoms with Crippen LogP contribution in [0.4, 0.5) is 5.95 Å². The average molecular weight is 324 g/mol. The van der Waals surface area contributed by atoms with Crippen molar-refractivity contribution in [3.8, 4) is 0 Å². The summed E-state index contributed by atoms with van der Waals surface area (Å²) >= 11 is 1.01. The molecule has 1 saturated heterocycles. The molecule has 3 unspecified atom stereocenters. The molecule has 3 atom stereocenters. The number of hydrogen-bond donors (Lipinski definition) is 1. The van der Waals surface area contributed by atoms with Crippen molar-refractivity contribution < 1.29 is 14.3 Å². The van der Waals surface area contributed by atoms with Crippen molar-refractivity contribution in [3.63, 3.8) is 0 Å². The Balaban J connectivity index is 2.08. The maximum Gasteiger partial charge on any atom is 0.311 e. The van der Waals surface area contributed by atoms with Gasteiger partial charge < -0.3 is 15.2 Å². The molecule has 22 heavy (non-hydrogen) atoms. The zero-order valence-electron chi connectivity index (χ0n) is 12.2. The van der Waals surface area contributed by atoms with Crippen LogP contribution in [0.25, 0.3) is 10.3 Å². The van der Waals surface area contributed by atoms with Gasteiger partial charge in [-0.1, -0.05) is 18.3 Å². The van der Waals surface area contributed by atoms with Gasteiger partial charge in [0.05, 0.1) is 17.0 Å². The summed E-state index contributed by atoms with van der Waals surface area (Å²) in [5.41, 5.74) is 6.01. The van der Waals surface area contributed by atoms with Gasteiger partial charge >= 0.3 is 10.8 Å². The highest BCUT2D eigenvalue weighted by atomic mass is 32.1. The lowest BCUT2D eigenvalue weighted by atomic mass is 10.1. The van der Waals surface area contributed by atoms with Gasteiger partial charge in [0.15, 0.2) is 11.9 Å². The second-order valence-electron chi connectivity index (χ2n) is 5.09. The lowest BCUT2D eigenvalue weighted by Gasteiger charge is -2.19. The van der Waals surface area contributed by atoms with Crippen LogP contribution < -0.4 is 10.6 Å². The third kappa shape index (κ3) is 2.57. The van der Waals surface area contributed by atoms with Crippen LogP contribution in [0.15, 0.2) is 11.0 Å². The molecule has 0 saturated carbocycles. The Hall–Kier alpha value is -2.00. The van der Waals surface area contributed by atoms with Gasteiger partial charge in [0.2, 0.25) is 5.95 Å². The summed E-state index contributed by atoms with van der Waals surface area (Å²) < 4.78 is 13.2. The van der Waals surface area contributed by atoms with E-state index < -0.39 is 18.3 Å².